The van der Waals surface area contributed by atoms with Gasteiger partial charge in [-0.3, -0.25) is 9.59 Å². The maximum atomic E-state index is 12.3. The van der Waals surface area contributed by atoms with Crippen LogP contribution >= 0.6 is 22.9 Å². The molecular formula is C15H10ClNO3S. The lowest BCUT2D eigenvalue weighted by atomic mass is 10.0. The summed E-state index contributed by atoms with van der Waals surface area (Å²) in [5.41, 5.74) is -0.417. The number of Topliss-reactive ketones (excluding diaryl/α,β-unsaturated/α-hetero) is 1. The number of aromatic nitrogens is 1. The van der Waals surface area contributed by atoms with Crippen LogP contribution in [-0.4, -0.2) is 15.9 Å². The highest BCUT2D eigenvalue weighted by molar-refractivity contribution is 7.10. The van der Waals surface area contributed by atoms with Crippen LogP contribution in [0.15, 0.2) is 40.5 Å². The molecule has 21 heavy (non-hydrogen) atoms. The number of thiophene rings is 1. The minimum Gasteiger partial charge on any atom is -0.506 e. The third-order valence-corrected chi connectivity index (χ3v) is 4.25. The van der Waals surface area contributed by atoms with Crippen molar-refractivity contribution in [3.8, 4) is 5.75 Å². The first-order chi connectivity index (χ1) is 10.1. The molecule has 3 rings (SSSR count). The SMILES string of the molecule is O=C(Cc1cccs1)c1c(O)c2ccc(Cl)cc2[nH]c1=O. The predicted molar refractivity (Wildman–Crippen MR) is 83.6 cm³/mol. The molecule has 0 saturated carbocycles. The van der Waals surface area contributed by atoms with Gasteiger partial charge in [0, 0.05) is 21.7 Å². The molecule has 0 fully saturated rings. The highest BCUT2D eigenvalue weighted by Gasteiger charge is 2.19. The third-order valence-electron chi connectivity index (χ3n) is 3.14. The van der Waals surface area contributed by atoms with Gasteiger partial charge in [-0.05, 0) is 29.6 Å². The summed E-state index contributed by atoms with van der Waals surface area (Å²) in [5, 5.41) is 12.9. The number of ketones is 1. The van der Waals surface area contributed by atoms with Crippen molar-refractivity contribution in [1.29, 1.82) is 0 Å². The first kappa shape index (κ1) is 13.9. The summed E-state index contributed by atoms with van der Waals surface area (Å²) in [7, 11) is 0. The Bertz CT molecular complexity index is 884. The topological polar surface area (TPSA) is 70.2 Å². The van der Waals surface area contributed by atoms with E-state index in [4.69, 9.17) is 11.6 Å². The Balaban J connectivity index is 2.12. The predicted octanol–water partition coefficient (Wildman–Crippen LogP) is 3.37. The molecule has 0 radical (unpaired) electrons. The van der Waals surface area contributed by atoms with E-state index in [1.807, 2.05) is 17.5 Å². The zero-order chi connectivity index (χ0) is 15.0. The minimum absolute atomic E-state index is 0.0907. The zero-order valence-electron chi connectivity index (χ0n) is 10.7. The maximum Gasteiger partial charge on any atom is 0.263 e. The standard InChI is InChI=1S/C15H10ClNO3S/c16-8-3-4-10-11(6-8)17-15(20)13(14(10)19)12(18)7-9-2-1-5-21-9/h1-6H,7H2,(H2,17,19,20). The molecule has 0 atom stereocenters. The fourth-order valence-corrected chi connectivity index (χ4v) is 3.05. The van der Waals surface area contributed by atoms with E-state index in [2.05, 4.69) is 4.98 Å². The van der Waals surface area contributed by atoms with Gasteiger partial charge in [0.25, 0.3) is 5.56 Å². The molecule has 0 spiro atoms. The van der Waals surface area contributed by atoms with Gasteiger partial charge in [0.05, 0.1) is 5.52 Å². The summed E-state index contributed by atoms with van der Waals surface area (Å²) in [6, 6.07) is 8.35. The molecule has 3 aromatic rings. The number of hydrogen-bond acceptors (Lipinski definition) is 4. The second kappa shape index (κ2) is 5.35. The van der Waals surface area contributed by atoms with Crippen molar-refractivity contribution in [2.45, 2.75) is 6.42 Å². The number of fused-ring (bicyclic) bond motifs is 1. The Kier molecular flexibility index (Phi) is 3.53. The third kappa shape index (κ3) is 2.57. The molecule has 6 heteroatoms. The molecule has 0 aliphatic heterocycles. The van der Waals surface area contributed by atoms with Gasteiger partial charge in [-0.15, -0.1) is 11.3 Å². The molecule has 106 valence electrons. The summed E-state index contributed by atoms with van der Waals surface area (Å²) < 4.78 is 0. The number of nitrogens with one attached hydrogen (secondary N) is 1. The lowest BCUT2D eigenvalue weighted by molar-refractivity contribution is 0.0990. The van der Waals surface area contributed by atoms with Crippen molar-refractivity contribution >= 4 is 39.6 Å². The summed E-state index contributed by atoms with van der Waals surface area (Å²) in [4.78, 5) is 27.7. The molecule has 2 heterocycles. The largest absolute Gasteiger partial charge is 0.506 e. The average molecular weight is 320 g/mol. The van der Waals surface area contributed by atoms with Gasteiger partial charge in [0.2, 0.25) is 0 Å². The van der Waals surface area contributed by atoms with E-state index in [0.29, 0.717) is 15.9 Å². The van der Waals surface area contributed by atoms with E-state index >= 15 is 0 Å². The number of carbonyl (C=O) groups is 1. The van der Waals surface area contributed by atoms with E-state index in [0.717, 1.165) is 4.88 Å². The van der Waals surface area contributed by atoms with Crippen LogP contribution in [0.25, 0.3) is 10.9 Å². The molecule has 0 bridgehead atoms. The Morgan fingerprint density at radius 2 is 2.14 bits per heavy atom. The van der Waals surface area contributed by atoms with Crippen LogP contribution in [0.2, 0.25) is 5.02 Å². The monoisotopic (exact) mass is 319 g/mol. The fraction of sp³-hybridized carbons (Fsp3) is 0.0667. The Hall–Kier alpha value is -2.11. The molecule has 0 amide bonds. The van der Waals surface area contributed by atoms with Gasteiger partial charge >= 0.3 is 0 Å². The quantitative estimate of drug-likeness (QED) is 0.727. The van der Waals surface area contributed by atoms with E-state index in [1.54, 1.807) is 12.1 Å². The average Bonchev–Trinajstić information content (AvgIpc) is 2.90. The summed E-state index contributed by atoms with van der Waals surface area (Å²) in [6.07, 6.45) is 0.0907. The fourth-order valence-electron chi connectivity index (χ4n) is 2.17. The van der Waals surface area contributed by atoms with Gasteiger partial charge in [0.1, 0.15) is 11.3 Å². The molecule has 0 unspecified atom stereocenters. The molecule has 1 aromatic carbocycles. The number of pyridine rings is 1. The summed E-state index contributed by atoms with van der Waals surface area (Å²) in [6.45, 7) is 0. The maximum absolute atomic E-state index is 12.3. The van der Waals surface area contributed by atoms with E-state index in [-0.39, 0.29) is 17.7 Å². The molecule has 2 N–H and O–H groups in total. The number of rotatable bonds is 3. The first-order valence-corrected chi connectivity index (χ1v) is 7.42. The molecular weight excluding hydrogens is 310 g/mol. The van der Waals surface area contributed by atoms with E-state index in [9.17, 15) is 14.7 Å². The second-order valence-electron chi connectivity index (χ2n) is 4.55. The van der Waals surface area contributed by atoms with Gasteiger partial charge in [-0.1, -0.05) is 17.7 Å². The Morgan fingerprint density at radius 3 is 2.86 bits per heavy atom. The van der Waals surface area contributed by atoms with Crippen molar-refractivity contribution in [2.75, 3.05) is 0 Å². The van der Waals surface area contributed by atoms with Crippen molar-refractivity contribution in [1.82, 2.24) is 4.98 Å². The first-order valence-electron chi connectivity index (χ1n) is 6.16. The number of hydrogen-bond donors (Lipinski definition) is 2. The number of benzene rings is 1. The van der Waals surface area contributed by atoms with E-state index in [1.165, 1.54) is 17.4 Å². The van der Waals surface area contributed by atoms with Crippen molar-refractivity contribution < 1.29 is 9.90 Å². The van der Waals surface area contributed by atoms with Crippen molar-refractivity contribution in [3.05, 3.63) is 61.5 Å². The van der Waals surface area contributed by atoms with Crippen LogP contribution in [0.1, 0.15) is 15.2 Å². The highest BCUT2D eigenvalue weighted by atomic mass is 35.5. The van der Waals surface area contributed by atoms with Gasteiger partial charge in [0.15, 0.2) is 5.78 Å². The second-order valence-corrected chi connectivity index (χ2v) is 6.02. The Morgan fingerprint density at radius 1 is 1.33 bits per heavy atom. The Labute approximate surface area is 128 Å². The summed E-state index contributed by atoms with van der Waals surface area (Å²) >= 11 is 7.28. The highest BCUT2D eigenvalue weighted by Crippen LogP contribution is 2.28. The van der Waals surface area contributed by atoms with Crippen LogP contribution in [0, 0.1) is 0 Å². The van der Waals surface area contributed by atoms with Crippen molar-refractivity contribution in [3.63, 3.8) is 0 Å². The smallest absolute Gasteiger partial charge is 0.263 e. The minimum atomic E-state index is -0.608. The number of halogens is 1. The molecule has 4 nitrogen and oxygen atoms in total. The number of aromatic amines is 1. The van der Waals surface area contributed by atoms with Gasteiger partial charge in [-0.25, -0.2) is 0 Å². The van der Waals surface area contributed by atoms with Crippen LogP contribution < -0.4 is 5.56 Å². The van der Waals surface area contributed by atoms with Gasteiger partial charge in [-0.2, -0.15) is 0 Å². The van der Waals surface area contributed by atoms with Crippen molar-refractivity contribution in [2.24, 2.45) is 0 Å². The number of aromatic hydroxyl groups is 1. The van der Waals surface area contributed by atoms with Crippen LogP contribution in [-0.2, 0) is 6.42 Å². The molecule has 0 saturated heterocycles. The van der Waals surface area contributed by atoms with E-state index < -0.39 is 11.3 Å². The molecule has 2 aromatic heterocycles. The van der Waals surface area contributed by atoms with Crippen LogP contribution in [0.4, 0.5) is 0 Å². The molecule has 0 aliphatic rings. The lowest BCUT2D eigenvalue weighted by Gasteiger charge is -2.06. The van der Waals surface area contributed by atoms with Gasteiger partial charge < -0.3 is 10.1 Å². The number of H-pyrrole nitrogens is 1. The number of carbonyl (C=O) groups excluding carboxylic acids is 1. The van der Waals surface area contributed by atoms with Crippen LogP contribution in [0.5, 0.6) is 5.75 Å². The lowest BCUT2D eigenvalue weighted by Crippen LogP contribution is -2.19. The molecule has 0 aliphatic carbocycles. The normalized spacial score (nSPS) is 10.9. The zero-order valence-corrected chi connectivity index (χ0v) is 12.3. The summed E-state index contributed by atoms with van der Waals surface area (Å²) in [5.74, 6) is -0.708. The van der Waals surface area contributed by atoms with Crippen LogP contribution in [0.3, 0.4) is 0 Å².